The molecule has 0 unspecified atom stereocenters. The first kappa shape index (κ1) is 15.8. The highest BCUT2D eigenvalue weighted by Gasteiger charge is 2.44. The number of hydrazine groups is 1. The molecule has 0 spiro atoms. The molecule has 0 bridgehead atoms. The lowest BCUT2D eigenvalue weighted by Gasteiger charge is -2.42. The summed E-state index contributed by atoms with van der Waals surface area (Å²) in [5.41, 5.74) is 4.73. The van der Waals surface area contributed by atoms with E-state index in [0.29, 0.717) is 0 Å². The van der Waals surface area contributed by atoms with E-state index in [0.717, 1.165) is 0 Å². The van der Waals surface area contributed by atoms with Crippen LogP contribution >= 0.6 is 0 Å². The number of amides is 2. The van der Waals surface area contributed by atoms with Crippen LogP contribution in [0.4, 0.5) is 0 Å². The summed E-state index contributed by atoms with van der Waals surface area (Å²) in [6.45, 7) is 1.99. The first-order valence-corrected chi connectivity index (χ1v) is 5.78. The number of nitrogens with one attached hydrogen (secondary N) is 3. The molecule has 6 N–H and O–H groups in total. The Bertz CT molecular complexity index is 339. The van der Waals surface area contributed by atoms with Crippen LogP contribution in [-0.2, 0) is 14.3 Å². The van der Waals surface area contributed by atoms with E-state index >= 15 is 0 Å². The standard InChI is InChI=1S/C10H19N3O6/c1-4(15)11-7-9(18)8(17)6(3-14)19-10(7)13-12-5(2)16/h6-10,13-14,17-18H,3H2,1-2H3,(H,11,15)(H,12,16)/t6-,7-,8-,9-,10-/m1/s1. The van der Waals surface area contributed by atoms with Gasteiger partial charge in [-0.25, -0.2) is 5.43 Å². The molecule has 0 aromatic heterocycles. The summed E-state index contributed by atoms with van der Waals surface area (Å²) in [5.74, 6) is -0.830. The Kier molecular flexibility index (Phi) is 5.63. The van der Waals surface area contributed by atoms with E-state index in [9.17, 15) is 19.8 Å². The molecule has 1 fully saturated rings. The molecular formula is C10H19N3O6. The molecule has 1 saturated heterocycles. The second-order valence-corrected chi connectivity index (χ2v) is 4.31. The maximum absolute atomic E-state index is 11.1. The van der Waals surface area contributed by atoms with E-state index in [1.54, 1.807) is 0 Å². The van der Waals surface area contributed by atoms with Crippen molar-refractivity contribution in [2.45, 2.75) is 44.4 Å². The number of hydrogen-bond donors (Lipinski definition) is 6. The van der Waals surface area contributed by atoms with E-state index < -0.39 is 49.0 Å². The number of aliphatic hydroxyl groups is 3. The first-order chi connectivity index (χ1) is 8.86. The summed E-state index contributed by atoms with van der Waals surface area (Å²) in [6.07, 6.45) is -4.70. The normalized spacial score (nSPS) is 34.7. The van der Waals surface area contributed by atoms with Crippen molar-refractivity contribution in [3.63, 3.8) is 0 Å². The van der Waals surface area contributed by atoms with Gasteiger partial charge in [-0.1, -0.05) is 0 Å². The summed E-state index contributed by atoms with van der Waals surface area (Å²) < 4.78 is 5.28. The average molecular weight is 277 g/mol. The van der Waals surface area contributed by atoms with Crippen LogP contribution in [0.2, 0.25) is 0 Å². The zero-order valence-corrected chi connectivity index (χ0v) is 10.7. The van der Waals surface area contributed by atoms with Crippen molar-refractivity contribution in [1.29, 1.82) is 0 Å². The molecule has 0 radical (unpaired) electrons. The van der Waals surface area contributed by atoms with Gasteiger partial charge in [-0.3, -0.25) is 15.0 Å². The highest BCUT2D eigenvalue weighted by atomic mass is 16.5. The molecule has 1 aliphatic rings. The summed E-state index contributed by atoms with van der Waals surface area (Å²) in [6, 6.07) is -0.970. The van der Waals surface area contributed by atoms with E-state index in [-0.39, 0.29) is 0 Å². The van der Waals surface area contributed by atoms with Crippen LogP contribution in [-0.4, -0.2) is 64.3 Å². The highest BCUT2D eigenvalue weighted by molar-refractivity contribution is 5.73. The van der Waals surface area contributed by atoms with Crippen LogP contribution in [0.3, 0.4) is 0 Å². The minimum Gasteiger partial charge on any atom is -0.394 e. The number of carbonyl (C=O) groups excluding carboxylic acids is 2. The fourth-order valence-corrected chi connectivity index (χ4v) is 1.81. The Morgan fingerprint density at radius 2 is 1.79 bits per heavy atom. The second-order valence-electron chi connectivity index (χ2n) is 4.31. The fourth-order valence-electron chi connectivity index (χ4n) is 1.81. The molecule has 0 aromatic carbocycles. The second kappa shape index (κ2) is 6.78. The fraction of sp³-hybridized carbons (Fsp3) is 0.800. The Morgan fingerprint density at radius 3 is 2.26 bits per heavy atom. The van der Waals surface area contributed by atoms with Gasteiger partial charge in [0.2, 0.25) is 11.8 Å². The quantitative estimate of drug-likeness (QED) is 0.294. The zero-order chi connectivity index (χ0) is 14.6. The van der Waals surface area contributed by atoms with Crippen LogP contribution in [0, 0.1) is 0 Å². The predicted molar refractivity (Wildman–Crippen MR) is 62.3 cm³/mol. The van der Waals surface area contributed by atoms with Crippen molar-refractivity contribution in [3.05, 3.63) is 0 Å². The van der Waals surface area contributed by atoms with Crippen molar-refractivity contribution in [1.82, 2.24) is 16.2 Å². The molecular weight excluding hydrogens is 258 g/mol. The third kappa shape index (κ3) is 4.11. The van der Waals surface area contributed by atoms with Gasteiger partial charge in [-0.2, -0.15) is 0 Å². The Labute approximate surface area is 109 Å². The Hall–Kier alpha value is -1.26. The first-order valence-electron chi connectivity index (χ1n) is 5.78. The van der Waals surface area contributed by atoms with Crippen molar-refractivity contribution < 1.29 is 29.6 Å². The van der Waals surface area contributed by atoms with E-state index in [1.807, 2.05) is 0 Å². The molecule has 0 aromatic rings. The van der Waals surface area contributed by atoms with Crippen LogP contribution in [0.5, 0.6) is 0 Å². The van der Waals surface area contributed by atoms with Crippen molar-refractivity contribution in [2.24, 2.45) is 0 Å². The minimum absolute atomic E-state index is 0.397. The average Bonchev–Trinajstić information content (AvgIpc) is 2.33. The summed E-state index contributed by atoms with van der Waals surface area (Å²) in [4.78, 5) is 21.9. The molecule has 1 rings (SSSR count). The number of aliphatic hydroxyl groups excluding tert-OH is 3. The van der Waals surface area contributed by atoms with Crippen molar-refractivity contribution >= 4 is 11.8 Å². The summed E-state index contributed by atoms with van der Waals surface area (Å²) >= 11 is 0. The molecule has 2 amide bonds. The van der Waals surface area contributed by atoms with E-state index in [1.165, 1.54) is 13.8 Å². The van der Waals surface area contributed by atoms with Gasteiger partial charge in [0.1, 0.15) is 24.5 Å². The maximum atomic E-state index is 11.1. The third-order valence-electron chi connectivity index (χ3n) is 2.69. The van der Waals surface area contributed by atoms with Gasteiger partial charge >= 0.3 is 0 Å². The van der Waals surface area contributed by atoms with E-state index in [2.05, 4.69) is 16.2 Å². The van der Waals surface area contributed by atoms with Crippen LogP contribution < -0.4 is 16.2 Å². The maximum Gasteiger partial charge on any atom is 0.231 e. The molecule has 19 heavy (non-hydrogen) atoms. The molecule has 1 heterocycles. The van der Waals surface area contributed by atoms with Gasteiger partial charge in [-0.05, 0) is 0 Å². The lowest BCUT2D eigenvalue weighted by Crippen LogP contribution is -2.69. The Morgan fingerprint density at radius 1 is 1.16 bits per heavy atom. The summed E-state index contributed by atoms with van der Waals surface area (Å²) in [5, 5.41) is 31.1. The molecule has 5 atom stereocenters. The third-order valence-corrected chi connectivity index (χ3v) is 2.69. The lowest BCUT2D eigenvalue weighted by atomic mass is 9.96. The monoisotopic (exact) mass is 277 g/mol. The van der Waals surface area contributed by atoms with Crippen molar-refractivity contribution in [3.8, 4) is 0 Å². The number of hydrogen-bond acceptors (Lipinski definition) is 7. The topological polar surface area (TPSA) is 140 Å². The van der Waals surface area contributed by atoms with Gasteiger partial charge < -0.3 is 25.4 Å². The number of rotatable bonds is 4. The van der Waals surface area contributed by atoms with Crippen LogP contribution in [0.15, 0.2) is 0 Å². The zero-order valence-electron chi connectivity index (χ0n) is 10.7. The van der Waals surface area contributed by atoms with Gasteiger partial charge in [0.15, 0.2) is 0 Å². The van der Waals surface area contributed by atoms with Gasteiger partial charge in [0.25, 0.3) is 0 Å². The highest BCUT2D eigenvalue weighted by Crippen LogP contribution is 2.19. The number of carbonyl (C=O) groups is 2. The van der Waals surface area contributed by atoms with Gasteiger partial charge in [0, 0.05) is 13.8 Å². The summed E-state index contributed by atoms with van der Waals surface area (Å²) in [7, 11) is 0. The van der Waals surface area contributed by atoms with Gasteiger partial charge in [0.05, 0.1) is 12.6 Å². The molecule has 0 saturated carbocycles. The molecule has 1 aliphatic heterocycles. The smallest absolute Gasteiger partial charge is 0.231 e. The largest absolute Gasteiger partial charge is 0.394 e. The minimum atomic E-state index is -1.35. The van der Waals surface area contributed by atoms with Crippen molar-refractivity contribution in [2.75, 3.05) is 6.61 Å². The van der Waals surface area contributed by atoms with Gasteiger partial charge in [-0.15, -0.1) is 0 Å². The predicted octanol–water partition coefficient (Wildman–Crippen LogP) is -3.43. The molecule has 9 nitrogen and oxygen atoms in total. The molecule has 0 aliphatic carbocycles. The molecule has 9 heteroatoms. The Balaban J connectivity index is 2.79. The SMILES string of the molecule is CC(=O)NN[C@@H]1O[C@H](CO)[C@@H](O)[C@H](O)[C@H]1NC(C)=O. The van der Waals surface area contributed by atoms with Crippen LogP contribution in [0.1, 0.15) is 13.8 Å². The van der Waals surface area contributed by atoms with E-state index in [4.69, 9.17) is 9.84 Å². The lowest BCUT2D eigenvalue weighted by molar-refractivity contribution is -0.205. The number of ether oxygens (including phenoxy) is 1. The molecule has 110 valence electrons. The van der Waals surface area contributed by atoms with Crippen LogP contribution in [0.25, 0.3) is 0 Å².